The number of esters is 1. The lowest BCUT2D eigenvalue weighted by Gasteiger charge is -2.27. The zero-order valence-corrected chi connectivity index (χ0v) is 14.9. The van der Waals surface area contributed by atoms with E-state index in [9.17, 15) is 18.8 Å². The van der Waals surface area contributed by atoms with Gasteiger partial charge in [0, 0.05) is 25.3 Å². The van der Waals surface area contributed by atoms with Crippen LogP contribution in [0.15, 0.2) is 6.07 Å². The van der Waals surface area contributed by atoms with Crippen molar-refractivity contribution in [1.82, 2.24) is 0 Å². The normalized spacial score (nSPS) is 16.3. The van der Waals surface area contributed by atoms with Gasteiger partial charge in [-0.2, -0.15) is 0 Å². The summed E-state index contributed by atoms with van der Waals surface area (Å²) in [4.78, 5) is 35.0. The topological polar surface area (TPSA) is 72.5 Å². The first-order valence-corrected chi connectivity index (χ1v) is 8.58. The van der Waals surface area contributed by atoms with Gasteiger partial charge in [-0.15, -0.1) is 0 Å². The van der Waals surface area contributed by atoms with Crippen LogP contribution in [0.3, 0.4) is 0 Å². The molecule has 1 unspecified atom stereocenters. The van der Waals surface area contributed by atoms with Crippen LogP contribution in [0.2, 0.25) is 0 Å². The van der Waals surface area contributed by atoms with Crippen molar-refractivity contribution >= 4 is 23.3 Å². The first-order chi connectivity index (χ1) is 11.8. The molecule has 0 radical (unpaired) electrons. The third-order valence-electron chi connectivity index (χ3n) is 4.58. The van der Waals surface area contributed by atoms with E-state index in [0.717, 1.165) is 6.42 Å². The molecule has 5 nitrogen and oxygen atoms in total. The molecule has 6 heteroatoms. The molecule has 0 saturated carbocycles. The molecule has 0 aromatic heterocycles. The molecule has 1 N–H and O–H groups in total. The van der Waals surface area contributed by atoms with Crippen LogP contribution in [0.25, 0.3) is 0 Å². The highest BCUT2D eigenvalue weighted by Gasteiger charge is 2.31. The summed E-state index contributed by atoms with van der Waals surface area (Å²) in [6.45, 7) is 4.73. The van der Waals surface area contributed by atoms with Gasteiger partial charge in [0.2, 0.25) is 5.91 Å². The highest BCUT2D eigenvalue weighted by molar-refractivity contribution is 6.07. The average molecular weight is 349 g/mol. The van der Waals surface area contributed by atoms with Crippen LogP contribution in [0.5, 0.6) is 0 Å². The molecular weight excluding hydrogens is 325 g/mol. The van der Waals surface area contributed by atoms with Crippen LogP contribution in [0.1, 0.15) is 61.0 Å². The maximum absolute atomic E-state index is 14.1. The number of hydrogen-bond acceptors (Lipinski definition) is 4. The van der Waals surface area contributed by atoms with Crippen molar-refractivity contribution < 1.29 is 23.5 Å². The highest BCUT2D eigenvalue weighted by atomic mass is 19.1. The molecule has 0 aliphatic heterocycles. The lowest BCUT2D eigenvalue weighted by Crippen LogP contribution is -2.26. The van der Waals surface area contributed by atoms with E-state index < -0.39 is 5.82 Å². The van der Waals surface area contributed by atoms with Gasteiger partial charge in [-0.05, 0) is 56.2 Å². The molecule has 136 valence electrons. The number of ketones is 1. The van der Waals surface area contributed by atoms with Gasteiger partial charge >= 0.3 is 5.97 Å². The third kappa shape index (κ3) is 4.65. The molecule has 0 heterocycles. The summed E-state index contributed by atoms with van der Waals surface area (Å²) in [5.74, 6) is -1.24. The molecule has 1 aliphatic carbocycles. The lowest BCUT2D eigenvalue weighted by atomic mass is 9.78. The average Bonchev–Trinajstić information content (AvgIpc) is 2.52. The van der Waals surface area contributed by atoms with E-state index in [1.54, 1.807) is 6.92 Å². The lowest BCUT2D eigenvalue weighted by molar-refractivity contribution is -0.141. The van der Waals surface area contributed by atoms with Gasteiger partial charge in [0.05, 0.1) is 12.3 Å². The van der Waals surface area contributed by atoms with Crippen molar-refractivity contribution in [3.05, 3.63) is 28.6 Å². The fourth-order valence-corrected chi connectivity index (χ4v) is 3.32. The van der Waals surface area contributed by atoms with Crippen LogP contribution in [-0.2, 0) is 20.7 Å². The Morgan fingerprint density at radius 1 is 1.32 bits per heavy atom. The van der Waals surface area contributed by atoms with E-state index >= 15 is 0 Å². The zero-order valence-electron chi connectivity index (χ0n) is 14.9. The summed E-state index contributed by atoms with van der Waals surface area (Å²) in [7, 11) is 0. The number of benzene rings is 1. The number of rotatable bonds is 6. The number of hydrogen-bond donors (Lipinski definition) is 1. The smallest absolute Gasteiger partial charge is 0.302 e. The second kappa shape index (κ2) is 8.23. The van der Waals surface area contributed by atoms with Gasteiger partial charge in [-0.3, -0.25) is 14.4 Å². The first kappa shape index (κ1) is 19.1. The molecule has 0 bridgehead atoms. The molecule has 2 rings (SSSR count). The fourth-order valence-electron chi connectivity index (χ4n) is 3.32. The number of carbonyl (C=O) groups excluding carboxylic acids is 3. The van der Waals surface area contributed by atoms with Gasteiger partial charge in [0.1, 0.15) is 5.82 Å². The largest absolute Gasteiger partial charge is 0.466 e. The second-order valence-electron chi connectivity index (χ2n) is 6.50. The predicted octanol–water partition coefficient (Wildman–Crippen LogP) is 3.57. The Labute approximate surface area is 146 Å². The summed E-state index contributed by atoms with van der Waals surface area (Å²) in [6, 6.07) is 1.23. The number of anilines is 1. The van der Waals surface area contributed by atoms with Crippen molar-refractivity contribution in [3.63, 3.8) is 0 Å². The highest BCUT2D eigenvalue weighted by Crippen LogP contribution is 2.36. The fraction of sp³-hybridized carbons (Fsp3) is 0.526. The quantitative estimate of drug-likeness (QED) is 0.629. The number of carbonyl (C=O) groups is 3. The third-order valence-corrected chi connectivity index (χ3v) is 4.58. The summed E-state index contributed by atoms with van der Waals surface area (Å²) in [5, 5.41) is 2.58. The molecule has 1 aromatic carbocycles. The van der Waals surface area contributed by atoms with Crippen LogP contribution in [0.4, 0.5) is 10.1 Å². The molecule has 1 aliphatic rings. The maximum atomic E-state index is 14.1. The minimum absolute atomic E-state index is 0.0411. The summed E-state index contributed by atoms with van der Waals surface area (Å²) in [6.07, 6.45) is 3.45. The summed E-state index contributed by atoms with van der Waals surface area (Å²) in [5.41, 5.74) is 1.89. The van der Waals surface area contributed by atoms with E-state index in [1.165, 1.54) is 19.9 Å². The summed E-state index contributed by atoms with van der Waals surface area (Å²) < 4.78 is 19.0. The van der Waals surface area contributed by atoms with Crippen LogP contribution < -0.4 is 5.32 Å². The molecule has 1 amide bonds. The van der Waals surface area contributed by atoms with Gasteiger partial charge in [0.15, 0.2) is 5.78 Å². The predicted molar refractivity (Wildman–Crippen MR) is 92.1 cm³/mol. The van der Waals surface area contributed by atoms with Crippen LogP contribution in [-0.4, -0.2) is 24.3 Å². The molecule has 0 spiro atoms. The van der Waals surface area contributed by atoms with Crippen molar-refractivity contribution in [2.45, 2.75) is 52.9 Å². The Kier molecular flexibility index (Phi) is 6.28. The molecule has 1 aromatic rings. The van der Waals surface area contributed by atoms with Gasteiger partial charge < -0.3 is 10.1 Å². The number of amides is 1. The van der Waals surface area contributed by atoms with Gasteiger partial charge in [0.25, 0.3) is 0 Å². The standard InChI is InChI=1S/C19H24FNO4/c1-11-15-8-7-14(6-4-5-9-25-13(3)23)19(24)18(15)17(10-16(11)20)21-12(2)22/h10,14H,4-9H2,1-3H3,(H,21,22). The number of Topliss-reactive ketones (excluding diaryl/α,β-unsaturated/α-hetero) is 1. The van der Waals surface area contributed by atoms with Gasteiger partial charge in [-0.1, -0.05) is 0 Å². The van der Waals surface area contributed by atoms with E-state index in [2.05, 4.69) is 5.32 Å². The number of halogens is 1. The maximum Gasteiger partial charge on any atom is 0.302 e. The van der Waals surface area contributed by atoms with Crippen molar-refractivity contribution in [1.29, 1.82) is 0 Å². The zero-order chi connectivity index (χ0) is 18.6. The van der Waals surface area contributed by atoms with E-state index in [0.29, 0.717) is 49.0 Å². The van der Waals surface area contributed by atoms with Crippen molar-refractivity contribution in [2.75, 3.05) is 11.9 Å². The monoisotopic (exact) mass is 349 g/mol. The number of fused-ring (bicyclic) bond motifs is 1. The van der Waals surface area contributed by atoms with E-state index in [4.69, 9.17) is 4.74 Å². The SMILES string of the molecule is CC(=O)Nc1cc(F)c(C)c2c1C(=O)C(CCCCOC(C)=O)CC2. The Bertz CT molecular complexity index is 699. The molecule has 25 heavy (non-hydrogen) atoms. The second-order valence-corrected chi connectivity index (χ2v) is 6.50. The number of nitrogens with one attached hydrogen (secondary N) is 1. The Morgan fingerprint density at radius 3 is 2.68 bits per heavy atom. The Morgan fingerprint density at radius 2 is 2.04 bits per heavy atom. The molecule has 1 atom stereocenters. The molecular formula is C19H24FNO4. The number of ether oxygens (including phenoxy) is 1. The minimum atomic E-state index is -0.407. The van der Waals surface area contributed by atoms with E-state index in [1.807, 2.05) is 0 Å². The van der Waals surface area contributed by atoms with Crippen LogP contribution >= 0.6 is 0 Å². The Balaban J connectivity index is 2.13. The first-order valence-electron chi connectivity index (χ1n) is 8.58. The molecule has 0 saturated heterocycles. The van der Waals surface area contributed by atoms with Crippen LogP contribution in [0, 0.1) is 18.7 Å². The van der Waals surface area contributed by atoms with Crippen molar-refractivity contribution in [2.24, 2.45) is 5.92 Å². The summed E-state index contributed by atoms with van der Waals surface area (Å²) >= 11 is 0. The van der Waals surface area contributed by atoms with Gasteiger partial charge in [-0.25, -0.2) is 4.39 Å². The van der Waals surface area contributed by atoms with Crippen molar-refractivity contribution in [3.8, 4) is 0 Å². The minimum Gasteiger partial charge on any atom is -0.466 e. The number of unbranched alkanes of at least 4 members (excludes halogenated alkanes) is 1. The van der Waals surface area contributed by atoms with E-state index in [-0.39, 0.29) is 29.3 Å². The molecule has 0 fully saturated rings. The Hall–Kier alpha value is -2.24.